The van der Waals surface area contributed by atoms with E-state index in [-0.39, 0.29) is 11.8 Å². The van der Waals surface area contributed by atoms with Crippen molar-refractivity contribution in [2.45, 2.75) is 6.42 Å². The lowest BCUT2D eigenvalue weighted by molar-refractivity contribution is -0.127. The summed E-state index contributed by atoms with van der Waals surface area (Å²) in [6.07, 6.45) is 0.391. The van der Waals surface area contributed by atoms with Crippen LogP contribution in [-0.4, -0.2) is 36.6 Å². The molecular weight excluding hydrogens is 238 g/mol. The van der Waals surface area contributed by atoms with E-state index in [1.165, 1.54) is 0 Å². The number of rotatable bonds is 4. The van der Waals surface area contributed by atoms with Crippen LogP contribution in [0.5, 0.6) is 0 Å². The van der Waals surface area contributed by atoms with E-state index in [2.05, 4.69) is 4.99 Å². The minimum atomic E-state index is 0.0709. The fraction of sp³-hybridized carbons (Fsp3) is 0.333. The minimum absolute atomic E-state index is 0.0709. The van der Waals surface area contributed by atoms with Crippen molar-refractivity contribution < 1.29 is 4.79 Å². The molecule has 0 atom stereocenters. The smallest absolute Gasteiger partial charge is 0.226 e. The third-order valence-corrected chi connectivity index (χ3v) is 2.47. The van der Waals surface area contributed by atoms with Crippen molar-refractivity contribution in [3.05, 3.63) is 29.8 Å². The number of aliphatic imine (C=N–C) groups is 1. The number of carbonyl (C=O) groups excluding carboxylic acids is 1. The number of hydrogen-bond donors (Lipinski definition) is 1. The van der Waals surface area contributed by atoms with E-state index in [0.717, 1.165) is 11.3 Å². The predicted octanol–water partition coefficient (Wildman–Crippen LogP) is 1.54. The molecule has 0 aliphatic heterocycles. The van der Waals surface area contributed by atoms with Gasteiger partial charge in [0.05, 0.1) is 18.0 Å². The third kappa shape index (κ3) is 4.44. The van der Waals surface area contributed by atoms with Gasteiger partial charge in [-0.1, -0.05) is 12.1 Å². The zero-order chi connectivity index (χ0) is 12.8. The molecule has 0 radical (unpaired) electrons. The van der Waals surface area contributed by atoms with E-state index in [1.54, 1.807) is 19.0 Å². The van der Waals surface area contributed by atoms with Gasteiger partial charge in [-0.15, -0.1) is 11.6 Å². The second-order valence-electron chi connectivity index (χ2n) is 3.87. The maximum atomic E-state index is 11.5. The number of amides is 1. The Morgan fingerprint density at radius 2 is 1.94 bits per heavy atom. The van der Waals surface area contributed by atoms with E-state index < -0.39 is 0 Å². The van der Waals surface area contributed by atoms with Gasteiger partial charge in [0.1, 0.15) is 5.84 Å². The van der Waals surface area contributed by atoms with E-state index in [9.17, 15) is 4.79 Å². The van der Waals surface area contributed by atoms with E-state index in [0.29, 0.717) is 12.3 Å². The van der Waals surface area contributed by atoms with Crippen molar-refractivity contribution in [1.29, 1.82) is 0 Å². The summed E-state index contributed by atoms with van der Waals surface area (Å²) in [5, 5.41) is 0. The van der Waals surface area contributed by atoms with Crippen LogP contribution >= 0.6 is 11.6 Å². The first-order chi connectivity index (χ1) is 8.02. The number of nitrogens with two attached hydrogens (primary N) is 1. The molecule has 1 aromatic rings. The van der Waals surface area contributed by atoms with Crippen molar-refractivity contribution in [3.63, 3.8) is 0 Å². The fourth-order valence-corrected chi connectivity index (χ4v) is 1.28. The Labute approximate surface area is 106 Å². The van der Waals surface area contributed by atoms with Gasteiger partial charge in [0.25, 0.3) is 0 Å². The Kier molecular flexibility index (Phi) is 4.97. The van der Waals surface area contributed by atoms with Crippen LogP contribution < -0.4 is 5.73 Å². The van der Waals surface area contributed by atoms with Crippen LogP contribution in [0.4, 0.5) is 5.69 Å². The standard InChI is InChI=1S/C12H16ClN3O/c1-16(2)12(17)7-9-3-5-10(6-4-9)15-11(14)8-13/h3-6H,7-8H2,1-2H3,(H2,14,15). The molecule has 0 heterocycles. The second kappa shape index (κ2) is 6.25. The topological polar surface area (TPSA) is 58.7 Å². The van der Waals surface area contributed by atoms with Gasteiger partial charge in [-0.3, -0.25) is 4.79 Å². The summed E-state index contributed by atoms with van der Waals surface area (Å²) in [6, 6.07) is 7.36. The number of benzene rings is 1. The molecule has 92 valence electrons. The SMILES string of the molecule is CN(C)C(=O)Cc1ccc(N=C(N)CCl)cc1. The minimum Gasteiger partial charge on any atom is -0.386 e. The van der Waals surface area contributed by atoms with Crippen LogP contribution in [0.25, 0.3) is 0 Å². The van der Waals surface area contributed by atoms with Gasteiger partial charge in [-0.25, -0.2) is 4.99 Å². The molecule has 0 unspecified atom stereocenters. The van der Waals surface area contributed by atoms with Gasteiger partial charge >= 0.3 is 0 Å². The quantitative estimate of drug-likeness (QED) is 0.503. The van der Waals surface area contributed by atoms with E-state index in [4.69, 9.17) is 17.3 Å². The molecule has 1 amide bonds. The number of likely N-dealkylation sites (N-methyl/N-ethyl adjacent to an activating group) is 1. The van der Waals surface area contributed by atoms with Gasteiger partial charge in [-0.2, -0.15) is 0 Å². The Morgan fingerprint density at radius 3 is 2.41 bits per heavy atom. The molecule has 5 heteroatoms. The monoisotopic (exact) mass is 253 g/mol. The Bertz CT molecular complexity index is 412. The van der Waals surface area contributed by atoms with Crippen LogP contribution in [-0.2, 0) is 11.2 Å². The van der Waals surface area contributed by atoms with Crippen LogP contribution in [0.1, 0.15) is 5.56 Å². The lowest BCUT2D eigenvalue weighted by Crippen LogP contribution is -2.23. The molecule has 0 saturated carbocycles. The average molecular weight is 254 g/mol. The summed E-state index contributed by atoms with van der Waals surface area (Å²) in [6.45, 7) is 0. The van der Waals surface area contributed by atoms with Crippen molar-refractivity contribution in [2.24, 2.45) is 10.7 Å². The molecule has 0 aliphatic rings. The van der Waals surface area contributed by atoms with Gasteiger partial charge < -0.3 is 10.6 Å². The molecule has 1 rings (SSSR count). The Balaban J connectivity index is 2.72. The van der Waals surface area contributed by atoms with Crippen molar-refractivity contribution in [2.75, 3.05) is 20.0 Å². The molecule has 0 bridgehead atoms. The van der Waals surface area contributed by atoms with Crippen LogP contribution in [0.2, 0.25) is 0 Å². The maximum absolute atomic E-state index is 11.5. The lowest BCUT2D eigenvalue weighted by atomic mass is 10.1. The molecular formula is C12H16ClN3O. The Morgan fingerprint density at radius 1 is 1.35 bits per heavy atom. The molecule has 0 spiro atoms. The van der Waals surface area contributed by atoms with Gasteiger partial charge in [0.15, 0.2) is 0 Å². The zero-order valence-electron chi connectivity index (χ0n) is 9.98. The van der Waals surface area contributed by atoms with Crippen LogP contribution in [0.15, 0.2) is 29.3 Å². The number of carbonyl (C=O) groups is 1. The number of alkyl halides is 1. The highest BCUT2D eigenvalue weighted by Crippen LogP contribution is 2.13. The largest absolute Gasteiger partial charge is 0.386 e. The summed E-state index contributed by atoms with van der Waals surface area (Å²) >= 11 is 5.53. The highest BCUT2D eigenvalue weighted by atomic mass is 35.5. The van der Waals surface area contributed by atoms with Crippen LogP contribution in [0, 0.1) is 0 Å². The van der Waals surface area contributed by atoms with Gasteiger partial charge in [-0.05, 0) is 17.7 Å². The molecule has 0 aromatic heterocycles. The summed E-state index contributed by atoms with van der Waals surface area (Å²) in [7, 11) is 3.48. The highest BCUT2D eigenvalue weighted by molar-refractivity contribution is 6.28. The van der Waals surface area contributed by atoms with E-state index in [1.807, 2.05) is 24.3 Å². The number of halogens is 1. The molecule has 0 saturated heterocycles. The predicted molar refractivity (Wildman–Crippen MR) is 70.8 cm³/mol. The lowest BCUT2D eigenvalue weighted by Gasteiger charge is -2.09. The molecule has 17 heavy (non-hydrogen) atoms. The van der Waals surface area contributed by atoms with Crippen molar-refractivity contribution in [3.8, 4) is 0 Å². The molecule has 4 nitrogen and oxygen atoms in total. The van der Waals surface area contributed by atoms with Gasteiger partial charge in [0, 0.05) is 14.1 Å². The Hall–Kier alpha value is -1.55. The summed E-state index contributed by atoms with van der Waals surface area (Å²) in [5.41, 5.74) is 7.21. The molecule has 2 N–H and O–H groups in total. The summed E-state index contributed by atoms with van der Waals surface area (Å²) < 4.78 is 0. The third-order valence-electron chi connectivity index (χ3n) is 2.20. The normalized spacial score (nSPS) is 11.4. The summed E-state index contributed by atoms with van der Waals surface area (Å²) in [4.78, 5) is 17.1. The van der Waals surface area contributed by atoms with Gasteiger partial charge in [0.2, 0.25) is 5.91 Å². The number of nitrogens with zero attached hydrogens (tertiary/aromatic N) is 2. The first kappa shape index (κ1) is 13.5. The number of hydrogen-bond acceptors (Lipinski definition) is 2. The average Bonchev–Trinajstić information content (AvgIpc) is 2.31. The highest BCUT2D eigenvalue weighted by Gasteiger charge is 2.05. The van der Waals surface area contributed by atoms with E-state index >= 15 is 0 Å². The second-order valence-corrected chi connectivity index (χ2v) is 4.14. The fourth-order valence-electron chi connectivity index (χ4n) is 1.22. The van der Waals surface area contributed by atoms with Crippen LogP contribution in [0.3, 0.4) is 0 Å². The van der Waals surface area contributed by atoms with Crippen molar-refractivity contribution >= 4 is 29.0 Å². The maximum Gasteiger partial charge on any atom is 0.226 e. The first-order valence-corrected chi connectivity index (χ1v) is 5.74. The molecule has 0 aliphatic carbocycles. The zero-order valence-corrected chi connectivity index (χ0v) is 10.7. The summed E-state index contributed by atoms with van der Waals surface area (Å²) in [5.74, 6) is 0.659. The number of amidine groups is 1. The molecule has 0 fully saturated rings. The first-order valence-electron chi connectivity index (χ1n) is 5.21. The van der Waals surface area contributed by atoms with Crippen molar-refractivity contribution in [1.82, 2.24) is 4.90 Å². The molecule has 1 aromatic carbocycles.